The van der Waals surface area contributed by atoms with Gasteiger partial charge in [-0.3, -0.25) is 4.90 Å². The Bertz CT molecular complexity index is 492. The molecule has 1 aromatic carbocycles. The molecule has 0 aromatic heterocycles. The fourth-order valence-electron chi connectivity index (χ4n) is 4.51. The average molecular weight is 301 g/mol. The smallest absolute Gasteiger partial charge is 0.0929 e. The summed E-state index contributed by atoms with van der Waals surface area (Å²) in [4.78, 5) is 7.37. The molecule has 0 aliphatic carbocycles. The Morgan fingerprint density at radius 3 is 2.23 bits per heavy atom. The molecule has 0 spiro atoms. The van der Waals surface area contributed by atoms with E-state index in [2.05, 4.69) is 45.0 Å². The van der Waals surface area contributed by atoms with Crippen molar-refractivity contribution in [3.8, 4) is 0 Å². The second-order valence-electron chi connectivity index (χ2n) is 7.25. The SMILES string of the molecule is OC1(CN2CCN(c3ccccc3)CC2)CN2CCC1CC2. The van der Waals surface area contributed by atoms with E-state index < -0.39 is 5.60 Å². The maximum Gasteiger partial charge on any atom is 0.0929 e. The minimum atomic E-state index is -0.467. The maximum atomic E-state index is 11.1. The second kappa shape index (κ2) is 5.84. The minimum Gasteiger partial charge on any atom is -0.387 e. The summed E-state index contributed by atoms with van der Waals surface area (Å²) in [7, 11) is 0. The molecular weight excluding hydrogens is 274 g/mol. The van der Waals surface area contributed by atoms with Crippen LogP contribution in [0.25, 0.3) is 0 Å². The van der Waals surface area contributed by atoms with Crippen LogP contribution >= 0.6 is 0 Å². The molecule has 2 bridgehead atoms. The van der Waals surface area contributed by atoms with Gasteiger partial charge in [0, 0.05) is 45.0 Å². The molecule has 4 aliphatic rings. The number of para-hydroxylation sites is 1. The zero-order valence-electron chi connectivity index (χ0n) is 13.3. The molecule has 0 amide bonds. The lowest BCUT2D eigenvalue weighted by Gasteiger charge is -2.52. The molecule has 4 saturated heterocycles. The molecule has 4 heteroatoms. The van der Waals surface area contributed by atoms with Crippen molar-refractivity contribution in [2.75, 3.05) is 57.3 Å². The highest BCUT2D eigenvalue weighted by molar-refractivity contribution is 5.46. The number of anilines is 1. The second-order valence-corrected chi connectivity index (χ2v) is 7.25. The Balaban J connectivity index is 1.34. The van der Waals surface area contributed by atoms with Crippen molar-refractivity contribution in [1.29, 1.82) is 0 Å². The van der Waals surface area contributed by atoms with E-state index in [1.807, 2.05) is 0 Å². The summed E-state index contributed by atoms with van der Waals surface area (Å²) in [6, 6.07) is 10.7. The molecular formula is C18H27N3O. The average Bonchev–Trinajstić information content (AvgIpc) is 2.57. The summed E-state index contributed by atoms with van der Waals surface area (Å²) in [6.07, 6.45) is 2.36. The van der Waals surface area contributed by atoms with E-state index in [4.69, 9.17) is 0 Å². The highest BCUT2D eigenvalue weighted by atomic mass is 16.3. The van der Waals surface area contributed by atoms with Crippen molar-refractivity contribution in [3.05, 3.63) is 30.3 Å². The van der Waals surface area contributed by atoms with Gasteiger partial charge >= 0.3 is 0 Å². The quantitative estimate of drug-likeness (QED) is 0.910. The van der Waals surface area contributed by atoms with Crippen LogP contribution in [0, 0.1) is 5.92 Å². The van der Waals surface area contributed by atoms with Crippen LogP contribution < -0.4 is 4.90 Å². The van der Waals surface area contributed by atoms with Gasteiger partial charge in [0.15, 0.2) is 0 Å². The fraction of sp³-hybridized carbons (Fsp3) is 0.667. The summed E-state index contributed by atoms with van der Waals surface area (Å²) in [6.45, 7) is 8.37. The van der Waals surface area contributed by atoms with Crippen LogP contribution in [-0.2, 0) is 0 Å². The first-order valence-corrected chi connectivity index (χ1v) is 8.70. The Morgan fingerprint density at radius 2 is 1.64 bits per heavy atom. The van der Waals surface area contributed by atoms with Crippen LogP contribution in [0.4, 0.5) is 5.69 Å². The fourth-order valence-corrected chi connectivity index (χ4v) is 4.51. The largest absolute Gasteiger partial charge is 0.387 e. The Hall–Kier alpha value is -1.10. The molecule has 4 heterocycles. The van der Waals surface area contributed by atoms with E-state index >= 15 is 0 Å². The van der Waals surface area contributed by atoms with Gasteiger partial charge in [-0.05, 0) is 44.0 Å². The number of aliphatic hydroxyl groups is 1. The predicted octanol–water partition coefficient (Wildman–Crippen LogP) is 1.27. The van der Waals surface area contributed by atoms with E-state index in [0.717, 1.165) is 39.3 Å². The summed E-state index contributed by atoms with van der Waals surface area (Å²) >= 11 is 0. The number of β-amino-alcohol motifs (C(OH)–C–C–N with tert-alkyl or cyclic N) is 1. The molecule has 0 saturated carbocycles. The van der Waals surface area contributed by atoms with Crippen LogP contribution in [0.15, 0.2) is 30.3 Å². The Morgan fingerprint density at radius 1 is 0.955 bits per heavy atom. The minimum absolute atomic E-state index is 0.467. The van der Waals surface area contributed by atoms with Gasteiger partial charge in [-0.15, -0.1) is 0 Å². The third kappa shape index (κ3) is 2.75. The number of hydrogen-bond donors (Lipinski definition) is 1. The van der Waals surface area contributed by atoms with Gasteiger partial charge < -0.3 is 14.9 Å². The van der Waals surface area contributed by atoms with E-state index in [0.29, 0.717) is 5.92 Å². The summed E-state index contributed by atoms with van der Waals surface area (Å²) in [5, 5.41) is 11.1. The molecule has 4 fully saturated rings. The molecule has 5 rings (SSSR count). The zero-order chi connectivity index (χ0) is 15.0. The monoisotopic (exact) mass is 301 g/mol. The van der Waals surface area contributed by atoms with Crippen molar-refractivity contribution in [2.24, 2.45) is 5.92 Å². The van der Waals surface area contributed by atoms with Crippen molar-refractivity contribution in [3.63, 3.8) is 0 Å². The standard InChI is InChI=1S/C18H27N3O/c22-18(14-19-8-6-16(18)7-9-19)15-20-10-12-21(13-11-20)17-4-2-1-3-5-17/h1-5,16,22H,6-15H2. The molecule has 1 atom stereocenters. The molecule has 120 valence electrons. The van der Waals surface area contributed by atoms with Crippen molar-refractivity contribution >= 4 is 5.69 Å². The lowest BCUT2D eigenvalue weighted by Crippen LogP contribution is -2.64. The van der Waals surface area contributed by atoms with Gasteiger partial charge in [-0.25, -0.2) is 0 Å². The first-order valence-electron chi connectivity index (χ1n) is 8.70. The van der Waals surface area contributed by atoms with Crippen LogP contribution in [0.5, 0.6) is 0 Å². The molecule has 4 aliphatic heterocycles. The maximum absolute atomic E-state index is 11.1. The Labute approximate surface area is 133 Å². The molecule has 22 heavy (non-hydrogen) atoms. The van der Waals surface area contributed by atoms with Gasteiger partial charge in [0.1, 0.15) is 0 Å². The van der Waals surface area contributed by atoms with Crippen LogP contribution in [0.2, 0.25) is 0 Å². The summed E-state index contributed by atoms with van der Waals surface area (Å²) < 4.78 is 0. The number of piperazine rings is 1. The number of piperidine rings is 3. The molecule has 1 unspecified atom stereocenters. The van der Waals surface area contributed by atoms with Crippen molar-refractivity contribution in [1.82, 2.24) is 9.80 Å². The third-order valence-electron chi connectivity index (χ3n) is 5.84. The van der Waals surface area contributed by atoms with E-state index in [-0.39, 0.29) is 0 Å². The van der Waals surface area contributed by atoms with Crippen molar-refractivity contribution in [2.45, 2.75) is 18.4 Å². The van der Waals surface area contributed by atoms with Crippen LogP contribution in [-0.4, -0.2) is 72.9 Å². The van der Waals surface area contributed by atoms with Gasteiger partial charge in [0.2, 0.25) is 0 Å². The van der Waals surface area contributed by atoms with Gasteiger partial charge in [-0.1, -0.05) is 18.2 Å². The molecule has 1 N–H and O–H groups in total. The van der Waals surface area contributed by atoms with Crippen LogP contribution in [0.1, 0.15) is 12.8 Å². The van der Waals surface area contributed by atoms with Gasteiger partial charge in [0.05, 0.1) is 5.60 Å². The molecule has 1 aromatic rings. The number of fused-ring (bicyclic) bond motifs is 3. The van der Waals surface area contributed by atoms with Crippen molar-refractivity contribution < 1.29 is 5.11 Å². The summed E-state index contributed by atoms with van der Waals surface area (Å²) in [5.41, 5.74) is 0.856. The highest BCUT2D eigenvalue weighted by Gasteiger charge is 2.46. The first-order chi connectivity index (χ1) is 10.7. The van der Waals surface area contributed by atoms with Gasteiger partial charge in [-0.2, -0.15) is 0 Å². The molecule has 4 nitrogen and oxygen atoms in total. The number of hydrogen-bond acceptors (Lipinski definition) is 4. The third-order valence-corrected chi connectivity index (χ3v) is 5.84. The van der Waals surface area contributed by atoms with E-state index in [1.54, 1.807) is 0 Å². The van der Waals surface area contributed by atoms with E-state index in [9.17, 15) is 5.11 Å². The normalized spacial score (nSPS) is 35.8. The van der Waals surface area contributed by atoms with E-state index in [1.165, 1.54) is 31.6 Å². The highest BCUT2D eigenvalue weighted by Crippen LogP contribution is 2.36. The number of nitrogens with zero attached hydrogens (tertiary/aromatic N) is 3. The zero-order valence-corrected chi connectivity index (χ0v) is 13.3. The number of benzene rings is 1. The lowest BCUT2D eigenvalue weighted by molar-refractivity contribution is -0.126. The summed E-state index contributed by atoms with van der Waals surface area (Å²) in [5.74, 6) is 0.518. The molecule has 0 radical (unpaired) electrons. The topological polar surface area (TPSA) is 30.0 Å². The lowest BCUT2D eigenvalue weighted by atomic mass is 9.75. The van der Waals surface area contributed by atoms with Crippen LogP contribution in [0.3, 0.4) is 0 Å². The van der Waals surface area contributed by atoms with Gasteiger partial charge in [0.25, 0.3) is 0 Å². The Kier molecular flexibility index (Phi) is 3.84. The number of rotatable bonds is 3. The first kappa shape index (κ1) is 14.5. The predicted molar refractivity (Wildman–Crippen MR) is 89.2 cm³/mol.